The number of rotatable bonds is 0. The van der Waals surface area contributed by atoms with Crippen molar-refractivity contribution in [3.8, 4) is 0 Å². The van der Waals surface area contributed by atoms with Gasteiger partial charge in [0.1, 0.15) is 0 Å². The summed E-state index contributed by atoms with van der Waals surface area (Å²) in [6, 6.07) is 10.3. The molecule has 2 N–H and O–H groups in total. The van der Waals surface area contributed by atoms with Crippen LogP contribution in [0.25, 0.3) is 0 Å². The zero-order chi connectivity index (χ0) is 9.82. The van der Waals surface area contributed by atoms with E-state index in [1.807, 2.05) is 18.2 Å². The van der Waals surface area contributed by atoms with E-state index in [2.05, 4.69) is 31.3 Å². The van der Waals surface area contributed by atoms with Crippen molar-refractivity contribution in [3.63, 3.8) is 0 Å². The van der Waals surface area contributed by atoms with E-state index in [4.69, 9.17) is 10.5 Å². The Kier molecular flexibility index (Phi) is 14.3. The second-order valence-electron chi connectivity index (χ2n) is 1.76. The maximum atomic E-state index is 7.00. The van der Waals surface area contributed by atoms with E-state index in [1.54, 1.807) is 5.16 Å². The van der Waals surface area contributed by atoms with E-state index in [9.17, 15) is 0 Å². The van der Waals surface area contributed by atoms with Gasteiger partial charge >= 0.3 is 0 Å². The summed E-state index contributed by atoms with van der Waals surface area (Å²) < 4.78 is 0. The molecule has 12 heavy (non-hydrogen) atoms. The second kappa shape index (κ2) is 12.6. The summed E-state index contributed by atoms with van der Waals surface area (Å²) in [6.07, 6.45) is 0. The van der Waals surface area contributed by atoms with Crippen LogP contribution in [0, 0.1) is 12.3 Å². The Labute approximate surface area is 78.4 Å². The highest BCUT2D eigenvalue weighted by molar-refractivity contribution is 7.78. The first-order valence-electron chi connectivity index (χ1n) is 3.31. The van der Waals surface area contributed by atoms with Crippen LogP contribution in [0.15, 0.2) is 30.3 Å². The van der Waals surface area contributed by atoms with Gasteiger partial charge in [0, 0.05) is 7.11 Å². The summed E-state index contributed by atoms with van der Waals surface area (Å²) in [5, 5.41) is 14.4. The second-order valence-corrected chi connectivity index (χ2v) is 1.96. The van der Waals surface area contributed by atoms with Crippen LogP contribution >= 0.6 is 12.2 Å². The van der Waals surface area contributed by atoms with Gasteiger partial charge in [-0.25, -0.2) is 5.41 Å². The van der Waals surface area contributed by atoms with E-state index < -0.39 is 0 Å². The third-order valence-corrected chi connectivity index (χ3v) is 0.940. The van der Waals surface area contributed by atoms with Crippen LogP contribution in [-0.2, 0) is 0 Å². The molecule has 0 unspecified atom stereocenters. The topological polar surface area (TPSA) is 44.1 Å². The van der Waals surface area contributed by atoms with Gasteiger partial charge < -0.3 is 5.11 Å². The Balaban J connectivity index is 0. The average Bonchev–Trinajstić information content (AvgIpc) is 2.11. The van der Waals surface area contributed by atoms with Gasteiger partial charge in [-0.1, -0.05) is 35.9 Å². The average molecular weight is 183 g/mol. The molecule has 66 valence electrons. The summed E-state index contributed by atoms with van der Waals surface area (Å²) in [7, 11) is 1.00. The fourth-order valence-corrected chi connectivity index (χ4v) is 0.534. The highest BCUT2D eigenvalue weighted by atomic mass is 32.1. The van der Waals surface area contributed by atoms with Gasteiger partial charge in [0.15, 0.2) is 0 Å². The first-order chi connectivity index (χ1) is 5.81. The molecule has 0 amide bonds. The number of hydrogen-bond donors (Lipinski definition) is 2. The normalized spacial score (nSPS) is 6.25. The zero-order valence-electron chi connectivity index (χ0n) is 7.24. The first-order valence-corrected chi connectivity index (χ1v) is 3.72. The standard InChI is InChI=1S/C7H8.CHNS.CH4O/c1-7-5-3-2-4-6-7;2-1-3;1-2/h2-6H,1H3;2H;2H,1H3. The van der Waals surface area contributed by atoms with E-state index in [1.165, 1.54) is 5.56 Å². The summed E-state index contributed by atoms with van der Waals surface area (Å²) in [5.41, 5.74) is 1.32. The van der Waals surface area contributed by atoms with Crippen molar-refractivity contribution >= 4 is 17.4 Å². The lowest BCUT2D eigenvalue weighted by Crippen LogP contribution is -1.62. The molecular weight excluding hydrogens is 170 g/mol. The quantitative estimate of drug-likeness (QED) is 0.478. The van der Waals surface area contributed by atoms with Crippen molar-refractivity contribution in [2.75, 3.05) is 7.11 Å². The van der Waals surface area contributed by atoms with Crippen molar-refractivity contribution in [2.45, 2.75) is 6.92 Å². The minimum absolute atomic E-state index is 1.00. The number of thiocarbonyl (C=S) groups is 1. The van der Waals surface area contributed by atoms with E-state index >= 15 is 0 Å². The molecule has 0 aliphatic carbocycles. The number of isothiocyanates is 1. The molecule has 0 heterocycles. The van der Waals surface area contributed by atoms with Crippen molar-refractivity contribution in [1.82, 2.24) is 0 Å². The fraction of sp³-hybridized carbons (Fsp3) is 0.222. The Morgan fingerprint density at radius 3 is 1.75 bits per heavy atom. The Morgan fingerprint density at radius 2 is 1.58 bits per heavy atom. The van der Waals surface area contributed by atoms with E-state index in [0.717, 1.165) is 7.11 Å². The highest BCUT2D eigenvalue weighted by Crippen LogP contribution is 1.92. The molecule has 2 nitrogen and oxygen atoms in total. The van der Waals surface area contributed by atoms with E-state index in [-0.39, 0.29) is 0 Å². The van der Waals surface area contributed by atoms with Gasteiger partial charge in [-0.15, -0.1) is 0 Å². The molecule has 0 saturated heterocycles. The molecular formula is C9H13NOS. The lowest BCUT2D eigenvalue weighted by atomic mass is 10.2. The van der Waals surface area contributed by atoms with Crippen LogP contribution in [0.5, 0.6) is 0 Å². The number of aliphatic hydroxyl groups excluding tert-OH is 1. The minimum atomic E-state index is 1.00. The summed E-state index contributed by atoms with van der Waals surface area (Å²) >= 11 is 3.81. The molecule has 0 fully saturated rings. The number of hydrogen-bond acceptors (Lipinski definition) is 3. The van der Waals surface area contributed by atoms with Crippen molar-refractivity contribution < 1.29 is 5.11 Å². The number of aryl methyl sites for hydroxylation is 1. The highest BCUT2D eigenvalue weighted by Gasteiger charge is 1.72. The third kappa shape index (κ3) is 11.7. The molecule has 0 aromatic heterocycles. The maximum absolute atomic E-state index is 7.00. The van der Waals surface area contributed by atoms with Crippen LogP contribution in [0.4, 0.5) is 0 Å². The van der Waals surface area contributed by atoms with Crippen molar-refractivity contribution in [1.29, 1.82) is 5.41 Å². The summed E-state index contributed by atoms with van der Waals surface area (Å²) in [5.74, 6) is 0. The lowest BCUT2D eigenvalue weighted by Gasteiger charge is -1.82. The zero-order valence-corrected chi connectivity index (χ0v) is 8.06. The molecule has 0 spiro atoms. The molecule has 0 saturated carbocycles. The molecule has 0 bridgehead atoms. The van der Waals surface area contributed by atoms with Crippen LogP contribution in [0.3, 0.4) is 0 Å². The van der Waals surface area contributed by atoms with Gasteiger partial charge in [0.25, 0.3) is 0 Å². The maximum Gasteiger partial charge on any atom is 0.0554 e. The molecule has 0 aliphatic rings. The molecule has 1 aromatic rings. The van der Waals surface area contributed by atoms with Gasteiger partial charge in [-0.05, 0) is 19.1 Å². The predicted molar refractivity (Wildman–Crippen MR) is 54.6 cm³/mol. The Hall–Kier alpha value is -1.02. The summed E-state index contributed by atoms with van der Waals surface area (Å²) in [4.78, 5) is 0. The fourth-order valence-electron chi connectivity index (χ4n) is 0.534. The minimum Gasteiger partial charge on any atom is -0.400 e. The monoisotopic (exact) mass is 183 g/mol. The molecule has 0 radical (unpaired) electrons. The molecule has 0 aliphatic heterocycles. The number of benzene rings is 1. The van der Waals surface area contributed by atoms with Crippen LogP contribution < -0.4 is 0 Å². The Bertz CT molecular complexity index is 205. The first kappa shape index (κ1) is 13.6. The van der Waals surface area contributed by atoms with Gasteiger partial charge in [-0.3, -0.25) is 0 Å². The summed E-state index contributed by atoms with van der Waals surface area (Å²) in [6.45, 7) is 2.08. The number of nitrogens with one attached hydrogen (secondary N) is 1. The molecule has 1 rings (SSSR count). The van der Waals surface area contributed by atoms with Crippen LogP contribution in [-0.4, -0.2) is 17.4 Å². The molecule has 1 aromatic carbocycles. The SMILES string of the molecule is CO.Cc1ccccc1.N=C=S. The van der Waals surface area contributed by atoms with Crippen molar-refractivity contribution in [3.05, 3.63) is 35.9 Å². The third-order valence-electron chi connectivity index (χ3n) is 0.940. The molecule has 0 atom stereocenters. The van der Waals surface area contributed by atoms with E-state index in [0.29, 0.717) is 0 Å². The van der Waals surface area contributed by atoms with Crippen molar-refractivity contribution in [2.24, 2.45) is 0 Å². The van der Waals surface area contributed by atoms with Crippen LogP contribution in [0.1, 0.15) is 5.56 Å². The largest absolute Gasteiger partial charge is 0.400 e. The van der Waals surface area contributed by atoms with Gasteiger partial charge in [-0.2, -0.15) is 0 Å². The smallest absolute Gasteiger partial charge is 0.0554 e. The predicted octanol–water partition coefficient (Wildman–Crippen LogP) is 2.27. The molecule has 3 heteroatoms. The number of aliphatic hydroxyl groups is 1. The van der Waals surface area contributed by atoms with Crippen LogP contribution in [0.2, 0.25) is 0 Å². The van der Waals surface area contributed by atoms with Gasteiger partial charge in [0.2, 0.25) is 0 Å². The van der Waals surface area contributed by atoms with Gasteiger partial charge in [0.05, 0.1) is 5.16 Å². The Morgan fingerprint density at radius 1 is 1.25 bits per heavy atom. The lowest BCUT2D eigenvalue weighted by molar-refractivity contribution is 0.399.